The molecular weight excluding hydrogens is 390 g/mol. The molecule has 0 saturated carbocycles. The lowest BCUT2D eigenvalue weighted by atomic mass is 9.94. The Balaban J connectivity index is 0.00000300. The number of carbonyl (C=O) groups excluding carboxylic acids is 2. The van der Waals surface area contributed by atoms with Crippen LogP contribution in [0, 0.1) is 11.3 Å². The standard InChI is InChI=1S/C22H25N3O3.ClH/c1-28-22(27)19-10-12-25(13-11-19)20(14-26)17-6-2-15(3-7-17)16-4-8-18(9-5-16)21(23)24;/h2-9,14,19-20H,10-13H2,1H3,(H3,23,24);1H. The van der Waals surface area contributed by atoms with Gasteiger partial charge in [-0.3, -0.25) is 15.1 Å². The van der Waals surface area contributed by atoms with Crippen LogP contribution in [0.2, 0.25) is 0 Å². The van der Waals surface area contributed by atoms with E-state index in [1.165, 1.54) is 7.11 Å². The highest BCUT2D eigenvalue weighted by Gasteiger charge is 2.29. The lowest BCUT2D eigenvalue weighted by Gasteiger charge is -2.34. The van der Waals surface area contributed by atoms with Crippen molar-refractivity contribution in [3.8, 4) is 11.1 Å². The lowest BCUT2D eigenvalue weighted by molar-refractivity contribution is -0.147. The van der Waals surface area contributed by atoms with Gasteiger partial charge >= 0.3 is 5.97 Å². The molecule has 0 radical (unpaired) electrons. The fourth-order valence-corrected chi connectivity index (χ4v) is 3.67. The summed E-state index contributed by atoms with van der Waals surface area (Å²) in [6, 6.07) is 15.1. The molecule has 6 nitrogen and oxygen atoms in total. The molecule has 154 valence electrons. The van der Waals surface area contributed by atoms with E-state index in [4.69, 9.17) is 15.9 Å². The number of hydrogen-bond acceptors (Lipinski definition) is 5. The number of benzene rings is 2. The van der Waals surface area contributed by atoms with Gasteiger partial charge in [-0.2, -0.15) is 0 Å². The van der Waals surface area contributed by atoms with Crippen LogP contribution in [-0.2, 0) is 14.3 Å². The number of ether oxygens (including phenoxy) is 1. The van der Waals surface area contributed by atoms with Crippen molar-refractivity contribution in [3.63, 3.8) is 0 Å². The minimum absolute atomic E-state index is 0. The first kappa shape index (κ1) is 22.6. The monoisotopic (exact) mass is 415 g/mol. The summed E-state index contributed by atoms with van der Waals surface area (Å²) in [4.78, 5) is 25.6. The minimum Gasteiger partial charge on any atom is -0.469 e. The van der Waals surface area contributed by atoms with Crippen LogP contribution in [0.3, 0.4) is 0 Å². The zero-order valence-electron chi connectivity index (χ0n) is 16.3. The van der Waals surface area contributed by atoms with Crippen LogP contribution in [0.25, 0.3) is 11.1 Å². The second-order valence-electron chi connectivity index (χ2n) is 7.03. The first-order chi connectivity index (χ1) is 13.5. The van der Waals surface area contributed by atoms with Crippen LogP contribution < -0.4 is 5.73 Å². The number of piperidine rings is 1. The number of amidine groups is 1. The maximum atomic E-state index is 11.8. The van der Waals surface area contributed by atoms with E-state index in [-0.39, 0.29) is 36.2 Å². The van der Waals surface area contributed by atoms with Gasteiger partial charge in [0.1, 0.15) is 12.1 Å². The number of nitrogen functional groups attached to an aromatic ring is 1. The zero-order valence-corrected chi connectivity index (χ0v) is 17.2. The van der Waals surface area contributed by atoms with Crippen LogP contribution in [0.15, 0.2) is 48.5 Å². The molecule has 1 aliphatic rings. The number of nitrogens with one attached hydrogen (secondary N) is 1. The van der Waals surface area contributed by atoms with E-state index < -0.39 is 0 Å². The third-order valence-corrected chi connectivity index (χ3v) is 5.37. The average molecular weight is 416 g/mol. The predicted molar refractivity (Wildman–Crippen MR) is 115 cm³/mol. The van der Waals surface area contributed by atoms with Crippen molar-refractivity contribution in [2.24, 2.45) is 11.7 Å². The summed E-state index contributed by atoms with van der Waals surface area (Å²) >= 11 is 0. The van der Waals surface area contributed by atoms with Gasteiger partial charge in [-0.25, -0.2) is 0 Å². The Hall–Kier alpha value is -2.70. The number of esters is 1. The highest BCUT2D eigenvalue weighted by Crippen LogP contribution is 2.28. The first-order valence-electron chi connectivity index (χ1n) is 9.35. The zero-order chi connectivity index (χ0) is 20.1. The third kappa shape index (κ3) is 5.22. The fourth-order valence-electron chi connectivity index (χ4n) is 3.67. The molecule has 3 rings (SSSR count). The van der Waals surface area contributed by atoms with Gasteiger partial charge in [0.15, 0.2) is 0 Å². The summed E-state index contributed by atoms with van der Waals surface area (Å²) in [5.74, 6) is -0.192. The van der Waals surface area contributed by atoms with Crippen LogP contribution >= 0.6 is 12.4 Å². The molecule has 1 unspecified atom stereocenters. The van der Waals surface area contributed by atoms with E-state index in [0.29, 0.717) is 31.5 Å². The molecule has 1 aliphatic heterocycles. The van der Waals surface area contributed by atoms with Crippen molar-refractivity contribution in [2.45, 2.75) is 18.9 Å². The Morgan fingerprint density at radius 1 is 1.10 bits per heavy atom. The van der Waals surface area contributed by atoms with Gasteiger partial charge in [-0.1, -0.05) is 48.5 Å². The van der Waals surface area contributed by atoms with Crippen LogP contribution in [0.4, 0.5) is 0 Å². The number of halogens is 1. The third-order valence-electron chi connectivity index (χ3n) is 5.37. The van der Waals surface area contributed by atoms with Crippen molar-refractivity contribution < 1.29 is 14.3 Å². The summed E-state index contributed by atoms with van der Waals surface area (Å²) in [7, 11) is 1.41. The molecule has 29 heavy (non-hydrogen) atoms. The summed E-state index contributed by atoms with van der Waals surface area (Å²) < 4.78 is 4.83. The van der Waals surface area contributed by atoms with Crippen molar-refractivity contribution >= 4 is 30.5 Å². The van der Waals surface area contributed by atoms with Gasteiger partial charge in [0.2, 0.25) is 0 Å². The van der Waals surface area contributed by atoms with Crippen molar-refractivity contribution in [1.29, 1.82) is 5.41 Å². The molecule has 2 aromatic rings. The van der Waals surface area contributed by atoms with Crippen molar-refractivity contribution in [1.82, 2.24) is 4.90 Å². The molecule has 1 atom stereocenters. The summed E-state index contributed by atoms with van der Waals surface area (Å²) in [5.41, 5.74) is 9.19. The number of hydrogen-bond donors (Lipinski definition) is 2. The Kier molecular flexibility index (Phi) is 7.93. The average Bonchev–Trinajstić information content (AvgIpc) is 2.75. The van der Waals surface area contributed by atoms with Crippen LogP contribution in [0.5, 0.6) is 0 Å². The number of nitrogens with two attached hydrogens (primary N) is 1. The maximum Gasteiger partial charge on any atom is 0.308 e. The topological polar surface area (TPSA) is 96.5 Å². The largest absolute Gasteiger partial charge is 0.469 e. The van der Waals surface area contributed by atoms with Gasteiger partial charge in [-0.05, 0) is 42.6 Å². The summed E-state index contributed by atoms with van der Waals surface area (Å²) in [5, 5.41) is 7.47. The van der Waals surface area contributed by atoms with E-state index in [1.54, 1.807) is 0 Å². The molecule has 0 aromatic heterocycles. The molecular formula is C22H26ClN3O3. The first-order valence-corrected chi connectivity index (χ1v) is 9.35. The summed E-state index contributed by atoms with van der Waals surface area (Å²) in [6.45, 7) is 1.38. The number of nitrogens with zero attached hydrogens (tertiary/aromatic N) is 1. The molecule has 0 amide bonds. The molecule has 0 bridgehead atoms. The molecule has 1 heterocycles. The van der Waals surface area contributed by atoms with Crippen LogP contribution in [-0.4, -0.2) is 43.2 Å². The van der Waals surface area contributed by atoms with E-state index in [0.717, 1.165) is 23.0 Å². The van der Waals surface area contributed by atoms with Gasteiger partial charge in [-0.15, -0.1) is 12.4 Å². The van der Waals surface area contributed by atoms with Gasteiger partial charge in [0.05, 0.1) is 19.1 Å². The van der Waals surface area contributed by atoms with Gasteiger partial charge in [0, 0.05) is 5.56 Å². The fraction of sp³-hybridized carbons (Fsp3) is 0.318. The van der Waals surface area contributed by atoms with E-state index in [1.807, 2.05) is 48.5 Å². The molecule has 2 aromatic carbocycles. The molecule has 1 saturated heterocycles. The normalized spacial score (nSPS) is 15.8. The SMILES string of the molecule is COC(=O)C1CCN(C(C=O)c2ccc(-c3ccc(C(=N)N)cc3)cc2)CC1.Cl. The number of carbonyl (C=O) groups is 2. The number of aldehydes is 1. The molecule has 3 N–H and O–H groups in total. The van der Waals surface area contributed by atoms with E-state index in [2.05, 4.69) is 4.90 Å². The van der Waals surface area contributed by atoms with Crippen LogP contribution in [0.1, 0.15) is 30.0 Å². The highest BCUT2D eigenvalue weighted by molar-refractivity contribution is 5.95. The van der Waals surface area contributed by atoms with Gasteiger partial charge < -0.3 is 15.3 Å². The molecule has 1 fully saturated rings. The highest BCUT2D eigenvalue weighted by atomic mass is 35.5. The van der Waals surface area contributed by atoms with E-state index >= 15 is 0 Å². The number of rotatable bonds is 6. The second kappa shape index (κ2) is 10.2. The summed E-state index contributed by atoms with van der Waals surface area (Å²) in [6.07, 6.45) is 2.38. The van der Waals surface area contributed by atoms with E-state index in [9.17, 15) is 9.59 Å². The Morgan fingerprint density at radius 3 is 2.07 bits per heavy atom. The van der Waals surface area contributed by atoms with Gasteiger partial charge in [0.25, 0.3) is 0 Å². The Labute approximate surface area is 177 Å². The Bertz CT molecular complexity index is 845. The second-order valence-corrected chi connectivity index (χ2v) is 7.03. The maximum absolute atomic E-state index is 11.8. The predicted octanol–water partition coefficient (Wildman–Crippen LogP) is 3.18. The molecule has 0 spiro atoms. The molecule has 0 aliphatic carbocycles. The minimum atomic E-state index is -0.312. The number of likely N-dealkylation sites (tertiary alicyclic amines) is 1. The Morgan fingerprint density at radius 2 is 1.62 bits per heavy atom. The smallest absolute Gasteiger partial charge is 0.308 e. The quantitative estimate of drug-likeness (QED) is 0.327. The number of methoxy groups -OCH3 is 1. The lowest BCUT2D eigenvalue weighted by Crippen LogP contribution is -2.39. The molecule has 7 heteroatoms. The van der Waals surface area contributed by atoms with Crippen molar-refractivity contribution in [2.75, 3.05) is 20.2 Å². The van der Waals surface area contributed by atoms with Crippen molar-refractivity contribution in [3.05, 3.63) is 59.7 Å².